The lowest BCUT2D eigenvalue weighted by atomic mass is 10.1. The maximum absolute atomic E-state index is 13.4. The molecule has 36 heavy (non-hydrogen) atoms. The van der Waals surface area contributed by atoms with Gasteiger partial charge in [0.25, 0.3) is 5.91 Å². The van der Waals surface area contributed by atoms with Gasteiger partial charge >= 0.3 is 0 Å². The van der Waals surface area contributed by atoms with E-state index in [0.29, 0.717) is 27.7 Å². The van der Waals surface area contributed by atoms with Crippen molar-refractivity contribution in [3.8, 4) is 6.07 Å². The van der Waals surface area contributed by atoms with Crippen LogP contribution in [0.1, 0.15) is 37.4 Å². The van der Waals surface area contributed by atoms with E-state index in [2.05, 4.69) is 21.4 Å². The molecule has 0 aliphatic rings. The highest BCUT2D eigenvalue weighted by Gasteiger charge is 2.24. The zero-order chi connectivity index (χ0) is 25.7. The molecule has 0 saturated heterocycles. The molecule has 0 aliphatic heterocycles. The molecule has 1 amide bonds. The summed E-state index contributed by atoms with van der Waals surface area (Å²) in [5.74, 6) is -0.989. The van der Waals surface area contributed by atoms with Crippen molar-refractivity contribution in [2.24, 2.45) is 0 Å². The van der Waals surface area contributed by atoms with Crippen LogP contribution < -0.4 is 10.2 Å². The maximum atomic E-state index is 13.4. The van der Waals surface area contributed by atoms with Crippen LogP contribution in [-0.4, -0.2) is 24.3 Å². The normalized spacial score (nSPS) is 11.6. The third kappa shape index (κ3) is 5.73. The van der Waals surface area contributed by atoms with Crippen LogP contribution in [0.5, 0.6) is 0 Å². The Morgan fingerprint density at radius 3 is 2.50 bits per heavy atom. The van der Waals surface area contributed by atoms with E-state index >= 15 is 0 Å². The molecule has 182 valence electrons. The van der Waals surface area contributed by atoms with E-state index in [1.54, 1.807) is 55.5 Å². The number of anilines is 2. The molecule has 2 aromatic carbocycles. The average molecular weight is 522 g/mol. The van der Waals surface area contributed by atoms with Crippen LogP contribution >= 0.6 is 11.3 Å². The second kappa shape index (κ2) is 11.1. The van der Waals surface area contributed by atoms with Gasteiger partial charge in [-0.25, -0.2) is 17.8 Å². The van der Waals surface area contributed by atoms with E-state index < -0.39 is 22.0 Å². The highest BCUT2D eigenvalue weighted by Crippen LogP contribution is 2.33. The van der Waals surface area contributed by atoms with Gasteiger partial charge in [-0.1, -0.05) is 18.2 Å². The number of hydrogen-bond acceptors (Lipinski definition) is 8. The summed E-state index contributed by atoms with van der Waals surface area (Å²) < 4.78 is 37.1. The molecule has 8 nitrogen and oxygen atoms in total. The molecule has 0 fully saturated rings. The van der Waals surface area contributed by atoms with Crippen LogP contribution in [-0.2, 0) is 17.2 Å². The number of thiazole rings is 1. The Morgan fingerprint density at radius 1 is 1.17 bits per heavy atom. The molecule has 0 radical (unpaired) electrons. The molecule has 1 N–H and O–H groups in total. The molecule has 4 aromatic rings. The number of aryl methyl sites for hydroxylation is 1. The van der Waals surface area contributed by atoms with Crippen molar-refractivity contribution in [1.29, 1.82) is 5.26 Å². The van der Waals surface area contributed by atoms with Gasteiger partial charge in [-0.2, -0.15) is 5.26 Å². The lowest BCUT2D eigenvalue weighted by Gasteiger charge is -2.22. The molecular formula is C25H20FN5O3S2. The quantitative estimate of drug-likeness (QED) is 0.333. The number of benzene rings is 2. The molecular weight excluding hydrogens is 501 g/mol. The van der Waals surface area contributed by atoms with Crippen molar-refractivity contribution < 1.29 is 17.6 Å². The van der Waals surface area contributed by atoms with E-state index in [-0.39, 0.29) is 11.5 Å². The van der Waals surface area contributed by atoms with Crippen LogP contribution in [0.2, 0.25) is 0 Å². The van der Waals surface area contributed by atoms with Crippen LogP contribution in [0.15, 0.2) is 73.1 Å². The SMILES string of the molecule is Cc1sc(N(Cc2ccc(F)cc2)c2ccc(C#N)cc2)nc1C(=O)NC(c1cccnc1)[SH](=O)=O. The molecule has 2 heterocycles. The van der Waals surface area contributed by atoms with E-state index in [1.807, 2.05) is 4.90 Å². The van der Waals surface area contributed by atoms with Crippen molar-refractivity contribution in [2.45, 2.75) is 18.8 Å². The Morgan fingerprint density at radius 2 is 1.89 bits per heavy atom. The first-order chi connectivity index (χ1) is 17.4. The lowest BCUT2D eigenvalue weighted by molar-refractivity contribution is 0.0943. The summed E-state index contributed by atoms with van der Waals surface area (Å²) in [7, 11) is -3.02. The fourth-order valence-electron chi connectivity index (χ4n) is 3.45. The topological polar surface area (TPSA) is 116 Å². The van der Waals surface area contributed by atoms with Crippen molar-refractivity contribution in [2.75, 3.05) is 4.90 Å². The average Bonchev–Trinajstić information content (AvgIpc) is 3.28. The van der Waals surface area contributed by atoms with Crippen molar-refractivity contribution in [3.63, 3.8) is 0 Å². The Balaban J connectivity index is 1.66. The number of nitrogens with zero attached hydrogens (tertiary/aromatic N) is 4. The molecule has 11 heteroatoms. The molecule has 4 rings (SSSR count). The van der Waals surface area contributed by atoms with Gasteiger partial charge in [0.1, 0.15) is 11.5 Å². The highest BCUT2D eigenvalue weighted by atomic mass is 32.2. The van der Waals surface area contributed by atoms with Gasteiger partial charge in [0.05, 0.1) is 18.2 Å². The minimum absolute atomic E-state index is 0.0958. The van der Waals surface area contributed by atoms with Gasteiger partial charge < -0.3 is 10.2 Å². The second-order valence-electron chi connectivity index (χ2n) is 7.72. The van der Waals surface area contributed by atoms with Crippen molar-refractivity contribution in [3.05, 3.63) is 106 Å². The summed E-state index contributed by atoms with van der Waals surface area (Å²) in [6, 6.07) is 18.1. The number of carbonyl (C=O) groups excluding carboxylic acids is 1. The van der Waals surface area contributed by atoms with Crippen LogP contribution in [0.3, 0.4) is 0 Å². The van der Waals surface area contributed by atoms with Crippen LogP contribution in [0.25, 0.3) is 0 Å². The third-order valence-electron chi connectivity index (χ3n) is 5.27. The highest BCUT2D eigenvalue weighted by molar-refractivity contribution is 7.72. The number of nitriles is 1. The minimum Gasteiger partial charge on any atom is -0.331 e. The number of nitrogens with one attached hydrogen (secondary N) is 1. The van der Waals surface area contributed by atoms with Crippen LogP contribution in [0, 0.1) is 24.1 Å². The number of amides is 1. The van der Waals surface area contributed by atoms with Crippen molar-refractivity contribution in [1.82, 2.24) is 15.3 Å². The van der Waals surface area contributed by atoms with E-state index in [1.165, 1.54) is 35.9 Å². The summed E-state index contributed by atoms with van der Waals surface area (Å²) in [6.07, 6.45) is 2.89. The zero-order valence-electron chi connectivity index (χ0n) is 19.0. The third-order valence-corrected chi connectivity index (χ3v) is 7.11. The minimum atomic E-state index is -3.02. The van der Waals surface area contributed by atoms with Gasteiger partial charge in [-0.3, -0.25) is 9.78 Å². The smallest absolute Gasteiger partial charge is 0.272 e. The number of carbonyl (C=O) groups is 1. The molecule has 2 aromatic heterocycles. The van der Waals surface area contributed by atoms with Gasteiger partial charge in [0, 0.05) is 28.5 Å². The molecule has 1 atom stereocenters. The number of halogens is 1. The Kier molecular flexibility index (Phi) is 7.68. The van der Waals surface area contributed by atoms with Crippen LogP contribution in [0.4, 0.5) is 15.2 Å². The predicted molar refractivity (Wildman–Crippen MR) is 135 cm³/mol. The maximum Gasteiger partial charge on any atom is 0.272 e. The number of thiol groups is 1. The van der Waals surface area contributed by atoms with E-state index in [0.717, 1.165) is 11.3 Å². The number of aromatic nitrogens is 2. The molecule has 0 aliphatic carbocycles. The van der Waals surface area contributed by atoms with E-state index in [4.69, 9.17) is 5.26 Å². The fraction of sp³-hybridized carbons (Fsp3) is 0.120. The molecule has 0 spiro atoms. The van der Waals surface area contributed by atoms with Gasteiger partial charge in [0.15, 0.2) is 21.2 Å². The Hall–Kier alpha value is -4.14. The zero-order valence-corrected chi connectivity index (χ0v) is 20.7. The van der Waals surface area contributed by atoms with Crippen molar-refractivity contribution >= 4 is 38.8 Å². The predicted octanol–water partition coefficient (Wildman–Crippen LogP) is 4.24. The second-order valence-corrected chi connectivity index (χ2v) is 9.99. The first-order valence-corrected chi connectivity index (χ1v) is 12.8. The summed E-state index contributed by atoms with van der Waals surface area (Å²) in [5.41, 5.74) is 2.45. The summed E-state index contributed by atoms with van der Waals surface area (Å²) in [5, 5.41) is 10.9. The summed E-state index contributed by atoms with van der Waals surface area (Å²) >= 11 is 1.26. The lowest BCUT2D eigenvalue weighted by Crippen LogP contribution is -2.30. The first-order valence-electron chi connectivity index (χ1n) is 10.7. The summed E-state index contributed by atoms with van der Waals surface area (Å²) in [6.45, 7) is 2.05. The van der Waals surface area contributed by atoms with Gasteiger partial charge in [-0.05, 0) is 55.0 Å². The molecule has 0 saturated carbocycles. The largest absolute Gasteiger partial charge is 0.331 e. The van der Waals surface area contributed by atoms with E-state index in [9.17, 15) is 17.6 Å². The number of hydrogen-bond donors (Lipinski definition) is 2. The summed E-state index contributed by atoms with van der Waals surface area (Å²) in [4.78, 5) is 23.9. The number of pyridine rings is 1. The first kappa shape index (κ1) is 25.0. The molecule has 1 unspecified atom stereocenters. The number of rotatable bonds is 8. The Bertz CT molecular complexity index is 1470. The molecule has 0 bridgehead atoms. The fourth-order valence-corrected chi connectivity index (χ4v) is 5.00. The monoisotopic (exact) mass is 521 g/mol. The van der Waals surface area contributed by atoms with Gasteiger partial charge in [-0.15, -0.1) is 11.3 Å². The van der Waals surface area contributed by atoms with Gasteiger partial charge in [0.2, 0.25) is 0 Å². The Labute approximate surface area is 212 Å². The standard InChI is InChI=1S/C25H20FN5O3S2/c1-16-22(23(32)30-24(36(33)34)19-3-2-12-28-14-19)29-25(35-16)31(15-18-4-8-20(26)9-5-18)21-10-6-17(13-27)7-11-21/h2-12,14,24,36H,15H2,1H3,(H,30,32).